The molecule has 0 bridgehead atoms. The van der Waals surface area contributed by atoms with E-state index in [0.717, 1.165) is 24.4 Å². The summed E-state index contributed by atoms with van der Waals surface area (Å²) in [7, 11) is 0. The highest BCUT2D eigenvalue weighted by Gasteiger charge is 2.29. The lowest BCUT2D eigenvalue weighted by Gasteiger charge is -2.15. The Morgan fingerprint density at radius 2 is 2.30 bits per heavy atom. The molecule has 1 saturated heterocycles. The van der Waals surface area contributed by atoms with E-state index in [4.69, 9.17) is 4.74 Å². The van der Waals surface area contributed by atoms with Gasteiger partial charge in [-0.1, -0.05) is 19.9 Å². The van der Waals surface area contributed by atoms with Crippen LogP contribution in [0.15, 0.2) is 24.3 Å². The van der Waals surface area contributed by atoms with Gasteiger partial charge in [0.1, 0.15) is 5.75 Å². The van der Waals surface area contributed by atoms with Crippen LogP contribution in [0.25, 0.3) is 0 Å². The highest BCUT2D eigenvalue weighted by Crippen LogP contribution is 2.21. The van der Waals surface area contributed by atoms with Crippen molar-refractivity contribution in [1.29, 1.82) is 0 Å². The highest BCUT2D eigenvalue weighted by atomic mass is 16.5. The molecule has 0 spiro atoms. The number of carbonyl (C=O) groups is 1. The van der Waals surface area contributed by atoms with Crippen molar-refractivity contribution in [1.82, 2.24) is 5.32 Å². The molecule has 20 heavy (non-hydrogen) atoms. The van der Waals surface area contributed by atoms with E-state index >= 15 is 0 Å². The molecule has 0 aromatic heterocycles. The molecule has 1 amide bonds. The van der Waals surface area contributed by atoms with Crippen LogP contribution in [0.4, 0.5) is 5.69 Å². The van der Waals surface area contributed by atoms with E-state index in [1.54, 1.807) is 0 Å². The Balaban J connectivity index is 1.95. The number of nitrogens with one attached hydrogen (secondary N) is 2. The van der Waals surface area contributed by atoms with Crippen molar-refractivity contribution in [3.63, 3.8) is 0 Å². The Morgan fingerprint density at radius 3 is 2.95 bits per heavy atom. The van der Waals surface area contributed by atoms with Gasteiger partial charge in [-0.2, -0.15) is 0 Å². The molecule has 2 N–H and O–H groups in total. The predicted molar refractivity (Wildman–Crippen MR) is 81.0 cm³/mol. The third-order valence-electron chi connectivity index (χ3n) is 3.55. The lowest BCUT2D eigenvalue weighted by Crippen LogP contribution is -2.32. The van der Waals surface area contributed by atoms with Gasteiger partial charge in [0, 0.05) is 17.8 Å². The standard InChI is InChI=1S/C16H24N2O2/c1-11(2)10-20-14-6-4-5-13(9-14)18-16(19)15-7-8-17-12(15)3/h4-6,9,11-12,15,17H,7-8,10H2,1-3H3,(H,18,19). The van der Waals surface area contributed by atoms with E-state index in [1.165, 1.54) is 0 Å². The predicted octanol–water partition coefficient (Wildman–Crippen LogP) is 2.66. The van der Waals surface area contributed by atoms with Crippen LogP contribution in [0.1, 0.15) is 27.2 Å². The average Bonchev–Trinajstić information content (AvgIpc) is 2.83. The second-order valence-corrected chi connectivity index (χ2v) is 5.86. The third-order valence-corrected chi connectivity index (χ3v) is 3.55. The number of hydrogen-bond acceptors (Lipinski definition) is 3. The number of amides is 1. The third kappa shape index (κ3) is 3.97. The molecular formula is C16H24N2O2. The molecule has 1 aliphatic rings. The fourth-order valence-electron chi connectivity index (χ4n) is 2.38. The SMILES string of the molecule is CC(C)COc1cccc(NC(=O)C2CCNC2C)c1. The molecular weight excluding hydrogens is 252 g/mol. The molecule has 4 nitrogen and oxygen atoms in total. The van der Waals surface area contributed by atoms with Crippen LogP contribution in [-0.2, 0) is 4.79 Å². The summed E-state index contributed by atoms with van der Waals surface area (Å²) in [4.78, 5) is 12.2. The fraction of sp³-hybridized carbons (Fsp3) is 0.562. The Hall–Kier alpha value is -1.55. The number of carbonyl (C=O) groups excluding carboxylic acids is 1. The van der Waals surface area contributed by atoms with Crippen molar-refractivity contribution >= 4 is 11.6 Å². The first-order valence-electron chi connectivity index (χ1n) is 7.33. The zero-order valence-corrected chi connectivity index (χ0v) is 12.5. The topological polar surface area (TPSA) is 50.4 Å². The average molecular weight is 276 g/mol. The Bertz CT molecular complexity index is 460. The van der Waals surface area contributed by atoms with E-state index in [1.807, 2.05) is 24.3 Å². The summed E-state index contributed by atoms with van der Waals surface area (Å²) >= 11 is 0. The molecule has 2 atom stereocenters. The van der Waals surface area contributed by atoms with Gasteiger partial charge >= 0.3 is 0 Å². The number of rotatable bonds is 5. The van der Waals surface area contributed by atoms with Crippen molar-refractivity contribution in [3.05, 3.63) is 24.3 Å². The Kier molecular flexibility index (Phi) is 5.01. The molecule has 2 rings (SSSR count). The zero-order chi connectivity index (χ0) is 14.5. The normalized spacial score (nSPS) is 22.0. The lowest BCUT2D eigenvalue weighted by molar-refractivity contribution is -0.119. The van der Waals surface area contributed by atoms with Gasteiger partial charge in [-0.3, -0.25) is 4.79 Å². The van der Waals surface area contributed by atoms with Gasteiger partial charge in [-0.15, -0.1) is 0 Å². The van der Waals surface area contributed by atoms with Crippen LogP contribution in [0.2, 0.25) is 0 Å². The fourth-order valence-corrected chi connectivity index (χ4v) is 2.38. The van der Waals surface area contributed by atoms with Crippen molar-refractivity contribution in [2.24, 2.45) is 11.8 Å². The van der Waals surface area contributed by atoms with Gasteiger partial charge < -0.3 is 15.4 Å². The van der Waals surface area contributed by atoms with E-state index in [0.29, 0.717) is 12.5 Å². The molecule has 1 aromatic rings. The molecule has 0 radical (unpaired) electrons. The summed E-state index contributed by atoms with van der Waals surface area (Å²) in [5.74, 6) is 1.42. The Labute approximate surface area is 120 Å². The maximum atomic E-state index is 12.2. The second kappa shape index (κ2) is 6.75. The second-order valence-electron chi connectivity index (χ2n) is 5.86. The largest absolute Gasteiger partial charge is 0.493 e. The summed E-state index contributed by atoms with van der Waals surface area (Å²) in [6, 6.07) is 7.84. The van der Waals surface area contributed by atoms with Gasteiger partial charge in [0.05, 0.1) is 12.5 Å². The molecule has 1 heterocycles. The van der Waals surface area contributed by atoms with E-state index in [2.05, 4.69) is 31.4 Å². The maximum Gasteiger partial charge on any atom is 0.229 e. The number of benzene rings is 1. The lowest BCUT2D eigenvalue weighted by atomic mass is 10.0. The van der Waals surface area contributed by atoms with Crippen LogP contribution in [0, 0.1) is 11.8 Å². The summed E-state index contributed by atoms with van der Waals surface area (Å²) in [5.41, 5.74) is 0.801. The van der Waals surface area contributed by atoms with Gasteiger partial charge in [0.25, 0.3) is 0 Å². The molecule has 1 aliphatic heterocycles. The first-order valence-corrected chi connectivity index (χ1v) is 7.33. The minimum atomic E-state index is 0.0511. The maximum absolute atomic E-state index is 12.2. The summed E-state index contributed by atoms with van der Waals surface area (Å²) < 4.78 is 5.67. The molecule has 4 heteroatoms. The minimum absolute atomic E-state index is 0.0511. The van der Waals surface area contributed by atoms with Crippen molar-refractivity contribution in [3.8, 4) is 5.75 Å². The van der Waals surface area contributed by atoms with Crippen molar-refractivity contribution in [2.45, 2.75) is 33.2 Å². The van der Waals surface area contributed by atoms with Gasteiger partial charge in [-0.25, -0.2) is 0 Å². The quantitative estimate of drug-likeness (QED) is 0.869. The number of hydrogen-bond donors (Lipinski definition) is 2. The van der Waals surface area contributed by atoms with E-state index in [-0.39, 0.29) is 17.9 Å². The molecule has 110 valence electrons. The first-order chi connectivity index (χ1) is 9.56. The van der Waals surface area contributed by atoms with Gasteiger partial charge in [0.15, 0.2) is 0 Å². The van der Waals surface area contributed by atoms with Crippen molar-refractivity contribution < 1.29 is 9.53 Å². The number of anilines is 1. The summed E-state index contributed by atoms with van der Waals surface area (Å²) in [5, 5.41) is 6.28. The van der Waals surface area contributed by atoms with Gasteiger partial charge in [-0.05, 0) is 37.9 Å². The van der Waals surface area contributed by atoms with Crippen LogP contribution >= 0.6 is 0 Å². The van der Waals surface area contributed by atoms with Gasteiger partial charge in [0.2, 0.25) is 5.91 Å². The monoisotopic (exact) mass is 276 g/mol. The molecule has 1 fully saturated rings. The van der Waals surface area contributed by atoms with E-state index in [9.17, 15) is 4.79 Å². The zero-order valence-electron chi connectivity index (χ0n) is 12.5. The molecule has 1 aromatic carbocycles. The smallest absolute Gasteiger partial charge is 0.229 e. The van der Waals surface area contributed by atoms with Crippen LogP contribution in [0.5, 0.6) is 5.75 Å². The van der Waals surface area contributed by atoms with E-state index < -0.39 is 0 Å². The Morgan fingerprint density at radius 1 is 1.50 bits per heavy atom. The van der Waals surface area contributed by atoms with Crippen LogP contribution < -0.4 is 15.4 Å². The molecule has 2 unspecified atom stereocenters. The summed E-state index contributed by atoms with van der Waals surface area (Å²) in [6.45, 7) is 7.87. The molecule has 0 saturated carbocycles. The first kappa shape index (κ1) is 14.9. The van der Waals surface area contributed by atoms with Crippen molar-refractivity contribution in [2.75, 3.05) is 18.5 Å². The highest BCUT2D eigenvalue weighted by molar-refractivity contribution is 5.93. The minimum Gasteiger partial charge on any atom is -0.493 e. The molecule has 0 aliphatic carbocycles. The van der Waals surface area contributed by atoms with Crippen LogP contribution in [-0.4, -0.2) is 25.1 Å². The number of ether oxygens (including phenoxy) is 1. The summed E-state index contributed by atoms with van der Waals surface area (Å²) in [6.07, 6.45) is 0.899. The van der Waals surface area contributed by atoms with Crippen LogP contribution in [0.3, 0.4) is 0 Å².